The number of aromatic nitrogens is 2. The van der Waals surface area contributed by atoms with Gasteiger partial charge < -0.3 is 14.6 Å². The smallest absolute Gasteiger partial charge is 0.243 e. The standard InChI is InChI=1S/C22H26F2N4O3S/c1-3-28-21-7-5-17(32(29,30)27-8-10-31-11-9-27)13-20(21)26-22(28)14-25-15(2)16-4-6-18(23)19(24)12-16/h4-7,12-13,15,25H,3,8-11,14H2,1-2H3. The van der Waals surface area contributed by atoms with Crippen LogP contribution >= 0.6 is 0 Å². The number of sulfonamides is 1. The first-order chi connectivity index (χ1) is 15.3. The molecule has 1 saturated heterocycles. The Kier molecular flexibility index (Phi) is 6.57. The van der Waals surface area contributed by atoms with Gasteiger partial charge in [0.15, 0.2) is 11.6 Å². The van der Waals surface area contributed by atoms with Crippen LogP contribution in [0.15, 0.2) is 41.3 Å². The third-order valence-corrected chi connectivity index (χ3v) is 7.63. The summed E-state index contributed by atoms with van der Waals surface area (Å²) in [6.07, 6.45) is 0. The molecule has 0 aliphatic carbocycles. The number of hydrogen-bond donors (Lipinski definition) is 1. The Labute approximate surface area is 186 Å². The van der Waals surface area contributed by atoms with Gasteiger partial charge in [-0.05, 0) is 49.7 Å². The third kappa shape index (κ3) is 4.40. The van der Waals surface area contributed by atoms with Gasteiger partial charge in [0.1, 0.15) is 5.82 Å². The summed E-state index contributed by atoms with van der Waals surface area (Å²) in [4.78, 5) is 4.87. The van der Waals surface area contributed by atoms with E-state index in [-0.39, 0.29) is 10.9 Å². The molecular formula is C22H26F2N4O3S. The molecule has 172 valence electrons. The highest BCUT2D eigenvalue weighted by Gasteiger charge is 2.27. The molecule has 1 fully saturated rings. The molecule has 32 heavy (non-hydrogen) atoms. The van der Waals surface area contributed by atoms with E-state index in [1.165, 1.54) is 10.4 Å². The highest BCUT2D eigenvalue weighted by atomic mass is 32.2. The van der Waals surface area contributed by atoms with Crippen molar-refractivity contribution in [2.24, 2.45) is 0 Å². The fourth-order valence-corrected chi connectivity index (χ4v) is 5.32. The fourth-order valence-electron chi connectivity index (χ4n) is 3.89. The average molecular weight is 465 g/mol. The van der Waals surface area contributed by atoms with E-state index < -0.39 is 21.7 Å². The molecule has 1 atom stereocenters. The van der Waals surface area contributed by atoms with Crippen LogP contribution in [0.2, 0.25) is 0 Å². The van der Waals surface area contributed by atoms with Gasteiger partial charge in [-0.3, -0.25) is 0 Å². The summed E-state index contributed by atoms with van der Waals surface area (Å²) in [5.74, 6) is -1.03. The van der Waals surface area contributed by atoms with Gasteiger partial charge in [0.25, 0.3) is 0 Å². The Morgan fingerprint density at radius 1 is 1.12 bits per heavy atom. The molecule has 1 N–H and O–H groups in total. The minimum atomic E-state index is -3.61. The van der Waals surface area contributed by atoms with E-state index in [0.717, 1.165) is 17.4 Å². The molecule has 1 aromatic heterocycles. The SMILES string of the molecule is CCn1c(CNC(C)c2ccc(F)c(F)c2)nc2cc(S(=O)(=O)N3CCOCC3)ccc21. The summed E-state index contributed by atoms with van der Waals surface area (Å²) in [6.45, 7) is 6.33. The molecule has 0 amide bonds. The van der Waals surface area contributed by atoms with Gasteiger partial charge in [-0.15, -0.1) is 0 Å². The van der Waals surface area contributed by atoms with Crippen molar-refractivity contribution in [2.45, 2.75) is 37.9 Å². The van der Waals surface area contributed by atoms with Gasteiger partial charge in [-0.25, -0.2) is 22.2 Å². The van der Waals surface area contributed by atoms with Crippen LogP contribution in [0, 0.1) is 11.6 Å². The normalized spacial score (nSPS) is 16.5. The Bertz CT molecular complexity index is 1220. The number of morpholine rings is 1. The van der Waals surface area contributed by atoms with Crippen LogP contribution in [0.25, 0.3) is 11.0 Å². The molecule has 1 aliphatic rings. The summed E-state index contributed by atoms with van der Waals surface area (Å²) in [6, 6.07) is 8.60. The molecule has 0 radical (unpaired) electrons. The summed E-state index contributed by atoms with van der Waals surface area (Å²) >= 11 is 0. The second-order valence-corrected chi connectivity index (χ2v) is 9.65. The summed E-state index contributed by atoms with van der Waals surface area (Å²) in [5.41, 5.74) is 2.06. The van der Waals surface area contributed by atoms with Crippen molar-refractivity contribution in [1.82, 2.24) is 19.2 Å². The molecule has 0 spiro atoms. The Hall–Kier alpha value is -2.40. The molecule has 7 nitrogen and oxygen atoms in total. The van der Waals surface area contributed by atoms with Crippen molar-refractivity contribution < 1.29 is 21.9 Å². The molecule has 10 heteroatoms. The largest absolute Gasteiger partial charge is 0.379 e. The number of ether oxygens (including phenoxy) is 1. The highest BCUT2D eigenvalue weighted by molar-refractivity contribution is 7.89. The number of fused-ring (bicyclic) bond motifs is 1. The lowest BCUT2D eigenvalue weighted by Gasteiger charge is -2.26. The van der Waals surface area contributed by atoms with Gasteiger partial charge >= 0.3 is 0 Å². The predicted octanol–water partition coefficient (Wildman–Crippen LogP) is 3.21. The van der Waals surface area contributed by atoms with Crippen molar-refractivity contribution in [3.05, 3.63) is 59.4 Å². The molecule has 2 heterocycles. The topological polar surface area (TPSA) is 76.5 Å². The number of halogens is 2. The zero-order valence-corrected chi connectivity index (χ0v) is 18.8. The maximum atomic E-state index is 13.6. The minimum Gasteiger partial charge on any atom is -0.379 e. The fraction of sp³-hybridized carbons (Fsp3) is 0.409. The van der Waals surface area contributed by atoms with Gasteiger partial charge in [0.05, 0.1) is 35.7 Å². The first kappa shape index (κ1) is 22.8. The monoisotopic (exact) mass is 464 g/mol. The third-order valence-electron chi connectivity index (χ3n) is 5.73. The maximum Gasteiger partial charge on any atom is 0.243 e. The summed E-state index contributed by atoms with van der Waals surface area (Å²) in [7, 11) is -3.61. The lowest BCUT2D eigenvalue weighted by molar-refractivity contribution is 0.0730. The number of nitrogens with one attached hydrogen (secondary N) is 1. The van der Waals surface area contributed by atoms with Crippen molar-refractivity contribution >= 4 is 21.1 Å². The van der Waals surface area contributed by atoms with E-state index in [2.05, 4.69) is 10.3 Å². The van der Waals surface area contributed by atoms with Crippen LogP contribution in [0.4, 0.5) is 8.78 Å². The van der Waals surface area contributed by atoms with Crippen molar-refractivity contribution in [3.8, 4) is 0 Å². The number of nitrogens with zero attached hydrogens (tertiary/aromatic N) is 3. The van der Waals surface area contributed by atoms with Crippen molar-refractivity contribution in [1.29, 1.82) is 0 Å². The first-order valence-corrected chi connectivity index (χ1v) is 12.0. The van der Waals surface area contributed by atoms with Gasteiger partial charge in [0.2, 0.25) is 10.0 Å². The van der Waals surface area contributed by atoms with E-state index in [1.807, 2.05) is 18.4 Å². The van der Waals surface area contributed by atoms with Gasteiger partial charge in [0, 0.05) is 25.7 Å². The number of hydrogen-bond acceptors (Lipinski definition) is 5. The summed E-state index contributed by atoms with van der Waals surface area (Å²) < 4.78 is 61.4. The highest BCUT2D eigenvalue weighted by Crippen LogP contribution is 2.24. The zero-order chi connectivity index (χ0) is 22.9. The molecule has 4 rings (SSSR count). The average Bonchev–Trinajstić information content (AvgIpc) is 3.16. The number of aryl methyl sites for hydroxylation is 1. The number of benzene rings is 2. The molecule has 1 aliphatic heterocycles. The molecular weight excluding hydrogens is 438 g/mol. The predicted molar refractivity (Wildman–Crippen MR) is 117 cm³/mol. The maximum absolute atomic E-state index is 13.6. The van der Waals surface area contributed by atoms with Crippen LogP contribution in [0.1, 0.15) is 31.3 Å². The molecule has 2 aromatic carbocycles. The number of rotatable bonds is 7. The zero-order valence-electron chi connectivity index (χ0n) is 18.0. The molecule has 0 saturated carbocycles. The van der Waals surface area contributed by atoms with Gasteiger partial charge in [-0.2, -0.15) is 4.31 Å². The molecule has 0 bridgehead atoms. The van der Waals surface area contributed by atoms with E-state index in [0.29, 0.717) is 50.5 Å². The summed E-state index contributed by atoms with van der Waals surface area (Å²) in [5, 5.41) is 3.28. The van der Waals surface area contributed by atoms with Crippen LogP contribution in [0.3, 0.4) is 0 Å². The van der Waals surface area contributed by atoms with Gasteiger partial charge in [-0.1, -0.05) is 6.07 Å². The van der Waals surface area contributed by atoms with Crippen LogP contribution in [-0.2, 0) is 27.8 Å². The molecule has 3 aromatic rings. The van der Waals surface area contributed by atoms with E-state index in [1.54, 1.807) is 24.3 Å². The Morgan fingerprint density at radius 3 is 2.56 bits per heavy atom. The second-order valence-electron chi connectivity index (χ2n) is 7.72. The van der Waals surface area contributed by atoms with E-state index >= 15 is 0 Å². The molecule has 1 unspecified atom stereocenters. The Balaban J connectivity index is 1.57. The van der Waals surface area contributed by atoms with E-state index in [4.69, 9.17) is 4.74 Å². The van der Waals surface area contributed by atoms with Crippen LogP contribution in [0.5, 0.6) is 0 Å². The van der Waals surface area contributed by atoms with Crippen molar-refractivity contribution in [2.75, 3.05) is 26.3 Å². The minimum absolute atomic E-state index is 0.210. The lowest BCUT2D eigenvalue weighted by Crippen LogP contribution is -2.40. The first-order valence-electron chi connectivity index (χ1n) is 10.6. The van der Waals surface area contributed by atoms with Crippen LogP contribution < -0.4 is 5.32 Å². The Morgan fingerprint density at radius 2 is 1.88 bits per heavy atom. The van der Waals surface area contributed by atoms with Crippen molar-refractivity contribution in [3.63, 3.8) is 0 Å². The number of imidazole rings is 1. The lowest BCUT2D eigenvalue weighted by atomic mass is 10.1. The quantitative estimate of drug-likeness (QED) is 0.581. The second kappa shape index (κ2) is 9.22. The van der Waals surface area contributed by atoms with E-state index in [9.17, 15) is 17.2 Å². The van der Waals surface area contributed by atoms with Crippen LogP contribution in [-0.4, -0.2) is 48.6 Å².